The molecule has 1 saturated carbocycles. The van der Waals surface area contributed by atoms with Gasteiger partial charge in [-0.15, -0.1) is 0 Å². The first-order chi connectivity index (χ1) is 7.61. The summed E-state index contributed by atoms with van der Waals surface area (Å²) < 4.78 is 0. The predicted molar refractivity (Wildman–Crippen MR) is 61.8 cm³/mol. The molecule has 16 heavy (non-hydrogen) atoms. The molecular weight excluding hydrogens is 230 g/mol. The van der Waals surface area contributed by atoms with Gasteiger partial charge in [-0.1, -0.05) is 24.4 Å². The summed E-state index contributed by atoms with van der Waals surface area (Å²) in [5.74, 6) is 0. The van der Waals surface area contributed by atoms with E-state index in [0.717, 1.165) is 25.7 Å². The van der Waals surface area contributed by atoms with Crippen molar-refractivity contribution < 1.29 is 5.11 Å². The van der Waals surface area contributed by atoms with Gasteiger partial charge in [-0.05, 0) is 12.8 Å². The van der Waals surface area contributed by atoms with Crippen LogP contribution < -0.4 is 10.9 Å². The monoisotopic (exact) mass is 243 g/mol. The SMILES string of the molecule is O=c1[nH]ncc(NCC2(O)CCCC2)c1Cl. The van der Waals surface area contributed by atoms with E-state index in [2.05, 4.69) is 15.5 Å². The van der Waals surface area contributed by atoms with Crippen molar-refractivity contribution in [1.82, 2.24) is 10.2 Å². The number of hydrogen-bond acceptors (Lipinski definition) is 4. The Bertz CT molecular complexity index is 426. The van der Waals surface area contributed by atoms with Crippen molar-refractivity contribution in [2.24, 2.45) is 0 Å². The molecule has 3 N–H and O–H groups in total. The number of rotatable bonds is 3. The zero-order valence-electron chi connectivity index (χ0n) is 8.79. The summed E-state index contributed by atoms with van der Waals surface area (Å²) in [7, 11) is 0. The highest BCUT2D eigenvalue weighted by atomic mass is 35.5. The Kier molecular flexibility index (Phi) is 3.16. The van der Waals surface area contributed by atoms with Gasteiger partial charge < -0.3 is 10.4 Å². The second-order valence-electron chi connectivity index (χ2n) is 4.21. The van der Waals surface area contributed by atoms with Gasteiger partial charge in [-0.2, -0.15) is 5.10 Å². The molecule has 1 fully saturated rings. The van der Waals surface area contributed by atoms with E-state index in [1.807, 2.05) is 0 Å². The third kappa shape index (κ3) is 2.36. The van der Waals surface area contributed by atoms with Gasteiger partial charge in [0.25, 0.3) is 5.56 Å². The highest BCUT2D eigenvalue weighted by Crippen LogP contribution is 2.29. The molecule has 0 amide bonds. The van der Waals surface area contributed by atoms with E-state index in [0.29, 0.717) is 12.2 Å². The van der Waals surface area contributed by atoms with E-state index < -0.39 is 11.2 Å². The van der Waals surface area contributed by atoms with Crippen LogP contribution in [0, 0.1) is 0 Å². The van der Waals surface area contributed by atoms with Crippen molar-refractivity contribution in [3.8, 4) is 0 Å². The molecule has 1 aromatic heterocycles. The maximum atomic E-state index is 11.2. The van der Waals surface area contributed by atoms with Gasteiger partial charge in [0.1, 0.15) is 5.02 Å². The summed E-state index contributed by atoms with van der Waals surface area (Å²) in [5.41, 5.74) is -0.637. The summed E-state index contributed by atoms with van der Waals surface area (Å²) in [4.78, 5) is 11.2. The lowest BCUT2D eigenvalue weighted by Gasteiger charge is -2.22. The average molecular weight is 244 g/mol. The largest absolute Gasteiger partial charge is 0.388 e. The Morgan fingerprint density at radius 3 is 2.94 bits per heavy atom. The molecule has 2 rings (SSSR count). The summed E-state index contributed by atoms with van der Waals surface area (Å²) in [6, 6.07) is 0. The van der Waals surface area contributed by atoms with E-state index in [9.17, 15) is 9.90 Å². The smallest absolute Gasteiger partial charge is 0.285 e. The fourth-order valence-electron chi connectivity index (χ4n) is 1.98. The van der Waals surface area contributed by atoms with E-state index in [1.165, 1.54) is 6.20 Å². The van der Waals surface area contributed by atoms with Crippen LogP contribution in [0.2, 0.25) is 5.02 Å². The lowest BCUT2D eigenvalue weighted by Crippen LogP contribution is -2.33. The third-order valence-corrected chi connectivity index (χ3v) is 3.31. The van der Waals surface area contributed by atoms with Crippen LogP contribution in [0.1, 0.15) is 25.7 Å². The van der Waals surface area contributed by atoms with Crippen LogP contribution in [0.25, 0.3) is 0 Å². The van der Waals surface area contributed by atoms with Gasteiger partial charge in [0.2, 0.25) is 0 Å². The lowest BCUT2D eigenvalue weighted by molar-refractivity contribution is 0.0614. The number of halogens is 1. The molecule has 0 spiro atoms. The van der Waals surface area contributed by atoms with Crippen LogP contribution in [0.4, 0.5) is 5.69 Å². The molecule has 0 radical (unpaired) electrons. The average Bonchev–Trinajstić information content (AvgIpc) is 2.68. The van der Waals surface area contributed by atoms with Gasteiger partial charge >= 0.3 is 0 Å². The fraction of sp³-hybridized carbons (Fsp3) is 0.600. The van der Waals surface area contributed by atoms with Crippen molar-refractivity contribution in [1.29, 1.82) is 0 Å². The van der Waals surface area contributed by atoms with Crippen LogP contribution >= 0.6 is 11.6 Å². The van der Waals surface area contributed by atoms with Gasteiger partial charge in [0.15, 0.2) is 0 Å². The Morgan fingerprint density at radius 1 is 1.56 bits per heavy atom. The zero-order valence-corrected chi connectivity index (χ0v) is 9.55. The number of nitrogens with zero attached hydrogens (tertiary/aromatic N) is 1. The Labute approximate surface area is 97.8 Å². The molecule has 1 aromatic rings. The van der Waals surface area contributed by atoms with Gasteiger partial charge in [0, 0.05) is 6.54 Å². The van der Waals surface area contributed by atoms with Crippen LogP contribution in [-0.2, 0) is 0 Å². The Balaban J connectivity index is 2.04. The fourth-order valence-corrected chi connectivity index (χ4v) is 2.13. The Morgan fingerprint density at radius 2 is 2.25 bits per heavy atom. The molecule has 0 saturated heterocycles. The third-order valence-electron chi connectivity index (χ3n) is 2.94. The molecule has 5 nitrogen and oxygen atoms in total. The van der Waals surface area contributed by atoms with Crippen molar-refractivity contribution in [2.75, 3.05) is 11.9 Å². The molecule has 0 atom stereocenters. The zero-order chi connectivity index (χ0) is 11.6. The first-order valence-electron chi connectivity index (χ1n) is 5.30. The van der Waals surface area contributed by atoms with E-state index >= 15 is 0 Å². The van der Waals surface area contributed by atoms with Crippen LogP contribution in [0.5, 0.6) is 0 Å². The maximum Gasteiger partial charge on any atom is 0.285 e. The van der Waals surface area contributed by atoms with Crippen molar-refractivity contribution in [3.63, 3.8) is 0 Å². The molecule has 88 valence electrons. The lowest BCUT2D eigenvalue weighted by atomic mass is 10.0. The van der Waals surface area contributed by atoms with Crippen LogP contribution in [0.3, 0.4) is 0 Å². The number of nitrogens with one attached hydrogen (secondary N) is 2. The molecule has 0 aromatic carbocycles. The van der Waals surface area contributed by atoms with E-state index in [-0.39, 0.29) is 5.02 Å². The number of hydrogen-bond donors (Lipinski definition) is 3. The quantitative estimate of drug-likeness (QED) is 0.744. The number of aromatic amines is 1. The number of aromatic nitrogens is 2. The number of aliphatic hydroxyl groups is 1. The molecule has 0 bridgehead atoms. The molecule has 0 aliphatic heterocycles. The van der Waals surface area contributed by atoms with Gasteiger partial charge in [-0.25, -0.2) is 5.10 Å². The van der Waals surface area contributed by atoms with E-state index in [4.69, 9.17) is 11.6 Å². The standard InChI is InChI=1S/C10H14ClN3O2/c11-8-7(5-13-14-9(8)15)12-6-10(16)3-1-2-4-10/h5,16H,1-4,6H2,(H2,12,14,15). The summed E-state index contributed by atoms with van der Waals surface area (Å²) in [6.07, 6.45) is 5.10. The van der Waals surface area contributed by atoms with Crippen molar-refractivity contribution in [2.45, 2.75) is 31.3 Å². The number of anilines is 1. The summed E-state index contributed by atoms with van der Waals surface area (Å²) in [5, 5.41) is 19.0. The molecule has 1 aliphatic rings. The molecule has 1 heterocycles. The highest BCUT2D eigenvalue weighted by Gasteiger charge is 2.30. The molecular formula is C10H14ClN3O2. The van der Waals surface area contributed by atoms with Gasteiger partial charge in [0.05, 0.1) is 17.5 Å². The second kappa shape index (κ2) is 4.43. The van der Waals surface area contributed by atoms with E-state index in [1.54, 1.807) is 0 Å². The predicted octanol–water partition coefficient (Wildman–Crippen LogP) is 1.14. The summed E-state index contributed by atoms with van der Waals surface area (Å²) >= 11 is 5.80. The number of H-pyrrole nitrogens is 1. The normalized spacial score (nSPS) is 18.6. The first kappa shape index (κ1) is 11.4. The molecule has 6 heteroatoms. The van der Waals surface area contributed by atoms with Crippen LogP contribution in [-0.4, -0.2) is 27.4 Å². The minimum Gasteiger partial charge on any atom is -0.388 e. The second-order valence-corrected chi connectivity index (χ2v) is 4.59. The minimum absolute atomic E-state index is 0.0802. The van der Waals surface area contributed by atoms with Crippen LogP contribution in [0.15, 0.2) is 11.0 Å². The van der Waals surface area contributed by atoms with Crippen molar-refractivity contribution >= 4 is 17.3 Å². The van der Waals surface area contributed by atoms with Gasteiger partial charge in [-0.3, -0.25) is 4.79 Å². The van der Waals surface area contributed by atoms with Crippen molar-refractivity contribution in [3.05, 3.63) is 21.6 Å². The summed E-state index contributed by atoms with van der Waals surface area (Å²) in [6.45, 7) is 0.401. The first-order valence-corrected chi connectivity index (χ1v) is 5.68. The minimum atomic E-state index is -0.675. The molecule has 1 aliphatic carbocycles. The molecule has 0 unspecified atom stereocenters. The maximum absolute atomic E-state index is 11.2. The Hall–Kier alpha value is -1.07. The highest BCUT2D eigenvalue weighted by molar-refractivity contribution is 6.32. The topological polar surface area (TPSA) is 78.0 Å².